The first-order valence-corrected chi connectivity index (χ1v) is 8.10. The molecule has 1 aliphatic heterocycles. The van der Waals surface area contributed by atoms with Gasteiger partial charge in [-0.3, -0.25) is 0 Å². The third kappa shape index (κ3) is 3.29. The minimum absolute atomic E-state index is 0.325. The second kappa shape index (κ2) is 5.69. The van der Waals surface area contributed by atoms with E-state index in [1.165, 1.54) is 0 Å². The van der Waals surface area contributed by atoms with Crippen LogP contribution in [0.2, 0.25) is 0 Å². The van der Waals surface area contributed by atoms with Gasteiger partial charge >= 0.3 is 0 Å². The zero-order valence-electron chi connectivity index (χ0n) is 12.2. The van der Waals surface area contributed by atoms with Crippen LogP contribution in [-0.4, -0.2) is 51.6 Å². The zero-order valence-corrected chi connectivity index (χ0v) is 13.0. The van der Waals surface area contributed by atoms with Crippen LogP contribution in [0.15, 0.2) is 17.0 Å². The van der Waals surface area contributed by atoms with Crippen molar-refractivity contribution in [3.63, 3.8) is 0 Å². The van der Waals surface area contributed by atoms with Gasteiger partial charge in [-0.25, -0.2) is 13.4 Å². The Hall–Kier alpha value is -1.15. The summed E-state index contributed by atoms with van der Waals surface area (Å²) < 4.78 is 25.1. The molecule has 1 aromatic rings. The highest BCUT2D eigenvalue weighted by Gasteiger charge is 2.24. The first-order chi connectivity index (χ1) is 9.29. The summed E-state index contributed by atoms with van der Waals surface area (Å²) in [5.74, 6) is 0. The van der Waals surface area contributed by atoms with Crippen molar-refractivity contribution in [1.82, 2.24) is 14.7 Å². The molecule has 0 aromatic heterocycles. The number of aryl methyl sites for hydroxylation is 2. The largest absolute Gasteiger partial charge is 0.399 e. The second-order valence-corrected chi connectivity index (χ2v) is 6.97. The van der Waals surface area contributed by atoms with Gasteiger partial charge in [-0.2, -0.15) is 0 Å². The molecule has 0 unspecified atom stereocenters. The molecule has 6 nitrogen and oxygen atoms in total. The van der Waals surface area contributed by atoms with Crippen molar-refractivity contribution in [1.29, 1.82) is 0 Å². The van der Waals surface area contributed by atoms with Crippen molar-refractivity contribution in [2.45, 2.75) is 18.7 Å². The molecule has 1 heterocycles. The highest BCUT2D eigenvalue weighted by atomic mass is 32.2. The lowest BCUT2D eigenvalue weighted by atomic mass is 10.1. The van der Waals surface area contributed by atoms with Crippen molar-refractivity contribution in [2.75, 3.05) is 39.0 Å². The van der Waals surface area contributed by atoms with Gasteiger partial charge in [-0.15, -0.1) is 4.83 Å². The van der Waals surface area contributed by atoms with Gasteiger partial charge in [0.1, 0.15) is 0 Å². The number of hydrogen-bond donors (Lipinski definition) is 2. The Balaban J connectivity index is 2.23. The molecule has 112 valence electrons. The first kappa shape index (κ1) is 15.2. The van der Waals surface area contributed by atoms with Gasteiger partial charge in [-0.05, 0) is 44.2 Å². The average Bonchev–Trinajstić information content (AvgIpc) is 2.30. The van der Waals surface area contributed by atoms with Crippen LogP contribution >= 0.6 is 0 Å². The molecule has 7 heteroatoms. The molecule has 1 fully saturated rings. The zero-order chi connectivity index (χ0) is 14.9. The number of piperazine rings is 1. The van der Waals surface area contributed by atoms with E-state index >= 15 is 0 Å². The normalized spacial score (nSPS) is 18.4. The summed E-state index contributed by atoms with van der Waals surface area (Å²) in [6, 6.07) is 3.37. The second-order valence-electron chi connectivity index (χ2n) is 5.37. The highest BCUT2D eigenvalue weighted by Crippen LogP contribution is 2.23. The fourth-order valence-electron chi connectivity index (χ4n) is 2.52. The number of nitrogens with zero attached hydrogens (tertiary/aromatic N) is 2. The van der Waals surface area contributed by atoms with Gasteiger partial charge in [-0.1, -0.05) is 0 Å². The van der Waals surface area contributed by atoms with Crippen LogP contribution in [0.5, 0.6) is 0 Å². The van der Waals surface area contributed by atoms with Gasteiger partial charge in [0.15, 0.2) is 0 Å². The van der Waals surface area contributed by atoms with Crippen LogP contribution in [-0.2, 0) is 10.0 Å². The number of anilines is 1. The Morgan fingerprint density at radius 1 is 1.10 bits per heavy atom. The van der Waals surface area contributed by atoms with Gasteiger partial charge < -0.3 is 10.6 Å². The molecule has 20 heavy (non-hydrogen) atoms. The van der Waals surface area contributed by atoms with Crippen LogP contribution in [0.3, 0.4) is 0 Å². The van der Waals surface area contributed by atoms with Crippen LogP contribution in [0, 0.1) is 13.8 Å². The summed E-state index contributed by atoms with van der Waals surface area (Å²) in [5.41, 5.74) is 7.66. The molecule has 0 aliphatic carbocycles. The number of nitrogens with two attached hydrogens (primary N) is 1. The van der Waals surface area contributed by atoms with Gasteiger partial charge in [0.25, 0.3) is 10.0 Å². The summed E-state index contributed by atoms with van der Waals surface area (Å²) in [7, 11) is -1.53. The van der Waals surface area contributed by atoms with Crippen LogP contribution in [0.25, 0.3) is 0 Å². The number of benzene rings is 1. The van der Waals surface area contributed by atoms with E-state index in [9.17, 15) is 8.42 Å². The van der Waals surface area contributed by atoms with E-state index in [0.717, 1.165) is 13.1 Å². The molecule has 2 rings (SSSR count). The first-order valence-electron chi connectivity index (χ1n) is 6.62. The molecule has 0 radical (unpaired) electrons. The number of nitrogens with one attached hydrogen (secondary N) is 1. The molecule has 3 N–H and O–H groups in total. The fraction of sp³-hybridized carbons (Fsp3) is 0.538. The summed E-state index contributed by atoms with van der Waals surface area (Å²) >= 11 is 0. The van der Waals surface area contributed by atoms with Crippen LogP contribution in [0.1, 0.15) is 11.1 Å². The van der Waals surface area contributed by atoms with Gasteiger partial charge in [0.05, 0.1) is 4.90 Å². The Morgan fingerprint density at radius 3 is 2.10 bits per heavy atom. The molecule has 1 saturated heterocycles. The van der Waals surface area contributed by atoms with E-state index < -0.39 is 10.0 Å². The maximum atomic E-state index is 12.5. The summed E-state index contributed by atoms with van der Waals surface area (Å²) in [4.78, 5) is 5.17. The van der Waals surface area contributed by atoms with Gasteiger partial charge in [0, 0.05) is 31.9 Å². The lowest BCUT2D eigenvalue weighted by molar-refractivity contribution is 0.135. The summed E-state index contributed by atoms with van der Waals surface area (Å²) in [6.07, 6.45) is 0. The number of rotatable bonds is 3. The Labute approximate surface area is 120 Å². The number of sulfonamides is 1. The SMILES string of the molecule is Cc1cc(N)cc(C)c1S(=O)(=O)NN1CCN(C)CC1. The van der Waals surface area contributed by atoms with Crippen molar-refractivity contribution >= 4 is 15.7 Å². The summed E-state index contributed by atoms with van der Waals surface area (Å²) in [5, 5.41) is 1.75. The van der Waals surface area contributed by atoms with Crippen LogP contribution in [0.4, 0.5) is 5.69 Å². The van der Waals surface area contributed by atoms with Crippen molar-refractivity contribution in [2.24, 2.45) is 0 Å². The predicted molar refractivity (Wildman–Crippen MR) is 79.7 cm³/mol. The fourth-order valence-corrected chi connectivity index (χ4v) is 4.10. The molecular formula is C13H22N4O2S. The molecule has 0 atom stereocenters. The maximum absolute atomic E-state index is 12.5. The standard InChI is InChI=1S/C13H22N4O2S/c1-10-8-12(14)9-11(2)13(10)20(18,19)15-17-6-4-16(3)5-7-17/h8-9,15H,4-7,14H2,1-3H3. The van der Waals surface area contributed by atoms with Crippen molar-refractivity contribution in [3.8, 4) is 0 Å². The van der Waals surface area contributed by atoms with Gasteiger partial charge in [0.2, 0.25) is 0 Å². The minimum Gasteiger partial charge on any atom is -0.399 e. The third-order valence-corrected chi connectivity index (χ3v) is 5.18. The minimum atomic E-state index is -3.55. The van der Waals surface area contributed by atoms with E-state index in [4.69, 9.17) is 5.73 Å². The van der Waals surface area contributed by atoms with Crippen molar-refractivity contribution < 1.29 is 8.42 Å². The van der Waals surface area contributed by atoms with E-state index in [-0.39, 0.29) is 0 Å². The Bertz CT molecular complexity index is 569. The lowest BCUT2D eigenvalue weighted by Gasteiger charge is -2.32. The molecule has 0 spiro atoms. The Morgan fingerprint density at radius 2 is 1.60 bits per heavy atom. The average molecular weight is 298 g/mol. The van der Waals surface area contributed by atoms with E-state index in [0.29, 0.717) is 34.8 Å². The van der Waals surface area contributed by atoms with E-state index in [1.807, 2.05) is 7.05 Å². The molecule has 0 bridgehead atoms. The smallest absolute Gasteiger partial charge is 0.253 e. The topological polar surface area (TPSA) is 78.7 Å². The van der Waals surface area contributed by atoms with E-state index in [1.54, 1.807) is 31.0 Å². The van der Waals surface area contributed by atoms with Crippen molar-refractivity contribution in [3.05, 3.63) is 23.3 Å². The number of nitrogen functional groups attached to an aromatic ring is 1. The molecular weight excluding hydrogens is 276 g/mol. The molecule has 0 saturated carbocycles. The third-order valence-electron chi connectivity index (χ3n) is 3.50. The molecule has 1 aliphatic rings. The maximum Gasteiger partial charge on any atom is 0.253 e. The Kier molecular flexibility index (Phi) is 4.33. The predicted octanol–water partition coefficient (Wildman–Crippen LogP) is 0.326. The highest BCUT2D eigenvalue weighted by molar-refractivity contribution is 7.89. The summed E-state index contributed by atoms with van der Waals surface area (Å²) in [6.45, 7) is 6.60. The monoisotopic (exact) mass is 298 g/mol. The van der Waals surface area contributed by atoms with Crippen LogP contribution < -0.4 is 10.6 Å². The quantitative estimate of drug-likeness (QED) is 0.786. The number of hydrogen-bond acceptors (Lipinski definition) is 5. The molecule has 0 amide bonds. The number of hydrazine groups is 1. The number of likely N-dealkylation sites (N-methyl/N-ethyl adjacent to an activating group) is 1. The lowest BCUT2D eigenvalue weighted by Crippen LogP contribution is -2.52. The van der Waals surface area contributed by atoms with E-state index in [2.05, 4.69) is 9.73 Å². The molecule has 1 aromatic carbocycles.